The van der Waals surface area contributed by atoms with Crippen molar-refractivity contribution < 1.29 is 14.1 Å². The highest BCUT2D eigenvalue weighted by atomic mass is 35.5. The minimum atomic E-state index is 0. The summed E-state index contributed by atoms with van der Waals surface area (Å²) in [6.07, 6.45) is 0. The Kier molecular flexibility index (Phi) is 23000. The van der Waals surface area contributed by atoms with Gasteiger partial charge in [-0.25, -0.2) is 0 Å². The maximum Gasteiger partial charge on any atom is -0.147 e. The van der Waals surface area contributed by atoms with E-state index in [0.29, 0.717) is 0 Å². The summed E-state index contributed by atoms with van der Waals surface area (Å²) in [5, 5.41) is 0. The molecule has 0 aromatic carbocycles. The molecule has 0 saturated heterocycles. The van der Waals surface area contributed by atoms with E-state index in [0.717, 1.165) is 0 Å². The SMILES string of the molecule is Cl.Cl.Cl.F.F.F. The second kappa shape index (κ2) is 282. The molecule has 0 aliphatic carbocycles. The summed E-state index contributed by atoms with van der Waals surface area (Å²) in [4.78, 5) is 0. The normalized spacial score (nSPS) is 0. The molecule has 0 spiro atoms. The highest BCUT2D eigenvalue weighted by molar-refractivity contribution is 5.86. The van der Waals surface area contributed by atoms with Crippen LogP contribution in [0.25, 0.3) is 0 Å². The van der Waals surface area contributed by atoms with Gasteiger partial charge in [0.2, 0.25) is 0 Å². The fraction of sp³-hybridized carbons (Fsp3) is 0. The summed E-state index contributed by atoms with van der Waals surface area (Å²) < 4.78 is 0. The molecule has 0 atom stereocenters. The summed E-state index contributed by atoms with van der Waals surface area (Å²) >= 11 is 0. The van der Waals surface area contributed by atoms with E-state index < -0.39 is 0 Å². The molecule has 0 bridgehead atoms. The Morgan fingerprint density at radius 3 is 0.333 bits per heavy atom. The highest BCUT2D eigenvalue weighted by Gasteiger charge is -0.145. The Labute approximate surface area is 52.0 Å². The summed E-state index contributed by atoms with van der Waals surface area (Å²) in [7, 11) is 0. The van der Waals surface area contributed by atoms with Gasteiger partial charge in [-0.3, -0.25) is 14.1 Å². The Morgan fingerprint density at radius 2 is 0.333 bits per heavy atom. The van der Waals surface area contributed by atoms with Crippen molar-refractivity contribution in [3.8, 4) is 0 Å². The van der Waals surface area contributed by atoms with Gasteiger partial charge in [-0.15, -0.1) is 37.2 Å². The number of halogens is 6. The molecule has 6 heavy (non-hydrogen) atoms. The highest BCUT2D eigenvalue weighted by Crippen LogP contribution is 0.692. The molecule has 0 aliphatic rings. The molecule has 0 aliphatic heterocycles. The van der Waals surface area contributed by atoms with Gasteiger partial charge in [0, 0.05) is 0 Å². The summed E-state index contributed by atoms with van der Waals surface area (Å²) in [6.45, 7) is 0. The largest absolute Gasteiger partial charge is 0.269 e. The molecule has 0 N–H and O–H groups in total. The molecule has 0 rings (SSSR count). The first-order chi connectivity index (χ1) is 0. The van der Waals surface area contributed by atoms with Gasteiger partial charge in [-0.2, -0.15) is 0 Å². The molecule has 48 valence electrons. The molecule has 0 unspecified atom stereocenters. The van der Waals surface area contributed by atoms with Crippen LogP contribution in [0.5, 0.6) is 0 Å². The summed E-state index contributed by atoms with van der Waals surface area (Å²) in [6, 6.07) is 0. The van der Waals surface area contributed by atoms with E-state index in [1.807, 2.05) is 0 Å². The molecular formula is H6Cl3F3. The van der Waals surface area contributed by atoms with E-state index in [1.54, 1.807) is 0 Å². The fourth-order valence-corrected chi connectivity index (χ4v) is 0. The Bertz CT molecular complexity index is 6.00. The molecule has 0 aromatic heterocycles. The van der Waals surface area contributed by atoms with Gasteiger partial charge in [0.25, 0.3) is 0 Å². The second-order valence-corrected chi connectivity index (χ2v) is 0. The van der Waals surface area contributed by atoms with Crippen LogP contribution in [0.4, 0.5) is 14.1 Å². The number of rotatable bonds is 0. The van der Waals surface area contributed by atoms with Crippen LogP contribution in [0, 0.1) is 0 Å². The van der Waals surface area contributed by atoms with E-state index >= 15 is 0 Å². The Hall–Kier alpha value is 0.660. The monoisotopic (exact) mass is 168 g/mol. The van der Waals surface area contributed by atoms with Crippen LogP contribution in [-0.4, -0.2) is 0 Å². The first-order valence-electron chi connectivity index (χ1n) is 0. The Morgan fingerprint density at radius 1 is 0.333 bits per heavy atom. The average molecular weight is 169 g/mol. The van der Waals surface area contributed by atoms with Gasteiger partial charge in [-0.1, -0.05) is 0 Å². The first kappa shape index (κ1) is 490. The molecule has 6 heteroatoms. The van der Waals surface area contributed by atoms with Crippen molar-refractivity contribution in [2.45, 2.75) is 0 Å². The quantitative estimate of drug-likeness (QED) is 0.518. The van der Waals surface area contributed by atoms with Crippen molar-refractivity contribution in [2.75, 3.05) is 0 Å². The number of hydrogen-bond donors (Lipinski definition) is 0. The predicted molar refractivity (Wildman–Crippen MR) is 29.3 cm³/mol. The second-order valence-electron chi connectivity index (χ2n) is 0. The lowest BCUT2D eigenvalue weighted by Crippen LogP contribution is 0.419. The van der Waals surface area contributed by atoms with Crippen LogP contribution in [0.15, 0.2) is 0 Å². The lowest BCUT2D eigenvalue weighted by atomic mass is 19.0. The molecule has 0 fully saturated rings. The van der Waals surface area contributed by atoms with Crippen molar-refractivity contribution in [2.24, 2.45) is 0 Å². The first-order valence-corrected chi connectivity index (χ1v) is 0. The molecule has 0 aromatic rings. The van der Waals surface area contributed by atoms with Gasteiger partial charge in [-0.05, 0) is 0 Å². The molecule has 0 saturated carbocycles. The van der Waals surface area contributed by atoms with E-state index in [4.69, 9.17) is 0 Å². The predicted octanol–water partition coefficient (Wildman–Crippen LogP) is 1.72. The summed E-state index contributed by atoms with van der Waals surface area (Å²) in [5.41, 5.74) is 0. The zero-order valence-corrected chi connectivity index (χ0v) is 4.90. The maximum absolute atomic E-state index is 0. The van der Waals surface area contributed by atoms with Crippen LogP contribution < -0.4 is 0 Å². The van der Waals surface area contributed by atoms with Crippen molar-refractivity contribution in [3.05, 3.63) is 0 Å². The summed E-state index contributed by atoms with van der Waals surface area (Å²) in [5.74, 6) is 0. The topological polar surface area (TPSA) is 0 Å². The van der Waals surface area contributed by atoms with E-state index in [9.17, 15) is 0 Å². The van der Waals surface area contributed by atoms with Crippen LogP contribution in [0.3, 0.4) is 0 Å². The smallest absolute Gasteiger partial charge is 0.147 e. The maximum atomic E-state index is 0. The van der Waals surface area contributed by atoms with Gasteiger partial charge in [0.1, 0.15) is 0 Å². The third-order valence-corrected chi connectivity index (χ3v) is 0. The van der Waals surface area contributed by atoms with E-state index in [1.165, 1.54) is 0 Å². The third-order valence-electron chi connectivity index (χ3n) is 0. The lowest BCUT2D eigenvalue weighted by molar-refractivity contribution is 1.11. The van der Waals surface area contributed by atoms with Crippen molar-refractivity contribution in [1.82, 2.24) is 0 Å². The zero-order chi connectivity index (χ0) is 0. The van der Waals surface area contributed by atoms with E-state index in [2.05, 4.69) is 0 Å². The standard InChI is InChI=1S/3ClH.3FH/h6*1H. The Balaban J connectivity index is 0. The van der Waals surface area contributed by atoms with Crippen LogP contribution >= 0.6 is 37.2 Å². The molecular weight excluding hydrogens is 163 g/mol. The number of hydrogen-bond acceptors (Lipinski definition) is 0. The van der Waals surface area contributed by atoms with Crippen LogP contribution in [-0.2, 0) is 0 Å². The molecule has 0 heterocycles. The van der Waals surface area contributed by atoms with Crippen molar-refractivity contribution in [3.63, 3.8) is 0 Å². The third kappa shape index (κ3) is 143. The van der Waals surface area contributed by atoms with Crippen LogP contribution in [0.1, 0.15) is 0 Å². The van der Waals surface area contributed by atoms with Gasteiger partial charge in [0.05, 0.1) is 0 Å². The minimum absolute atomic E-state index is 0. The van der Waals surface area contributed by atoms with E-state index in [-0.39, 0.29) is 51.3 Å². The molecule has 0 nitrogen and oxygen atoms in total. The van der Waals surface area contributed by atoms with Crippen molar-refractivity contribution in [1.29, 1.82) is 0 Å². The van der Waals surface area contributed by atoms with Gasteiger partial charge < -0.3 is 0 Å². The average Bonchev–Trinajstić information content (AvgIpc) is 0. The lowest BCUT2D eigenvalue weighted by Gasteiger charge is -0.270. The van der Waals surface area contributed by atoms with Crippen molar-refractivity contribution >= 4 is 37.2 Å². The minimum Gasteiger partial charge on any atom is -0.269 e. The molecule has 0 amide bonds. The zero-order valence-electron chi connectivity index (χ0n) is 2.45. The van der Waals surface area contributed by atoms with Gasteiger partial charge in [0.15, 0.2) is 0 Å². The van der Waals surface area contributed by atoms with Gasteiger partial charge >= 0.3 is 0 Å². The fourth-order valence-electron chi connectivity index (χ4n) is 0. The van der Waals surface area contributed by atoms with Crippen LogP contribution in [0.2, 0.25) is 0 Å². The molecule has 0 radical (unpaired) electrons.